The molecule has 1 saturated heterocycles. The molecule has 1 aliphatic rings. The van der Waals surface area contributed by atoms with Crippen LogP contribution in [-0.2, 0) is 4.74 Å². The first kappa shape index (κ1) is 19.4. The summed E-state index contributed by atoms with van der Waals surface area (Å²) in [7, 11) is 1.64. The van der Waals surface area contributed by atoms with Crippen molar-refractivity contribution in [3.8, 4) is 5.75 Å². The van der Waals surface area contributed by atoms with Crippen molar-refractivity contribution < 1.29 is 9.47 Å². The normalized spacial score (nSPS) is 18.2. The Morgan fingerprint density at radius 2 is 2.18 bits per heavy atom. The number of benzene rings is 1. The SMILES string of the molecule is COc1c(Br)cc(Cl)cc1C(C)Nc1ncnc2c1ncn2C1CCCCO1. The van der Waals surface area contributed by atoms with Crippen LogP contribution >= 0.6 is 27.5 Å². The highest BCUT2D eigenvalue weighted by Crippen LogP contribution is 2.37. The van der Waals surface area contributed by atoms with Crippen molar-refractivity contribution in [2.45, 2.75) is 38.5 Å². The van der Waals surface area contributed by atoms with Crippen LogP contribution in [0.15, 0.2) is 29.3 Å². The molecule has 3 heterocycles. The number of ether oxygens (including phenoxy) is 2. The number of hydrogen-bond acceptors (Lipinski definition) is 6. The van der Waals surface area contributed by atoms with E-state index in [4.69, 9.17) is 21.1 Å². The van der Waals surface area contributed by atoms with Crippen LogP contribution in [0.5, 0.6) is 5.75 Å². The van der Waals surface area contributed by atoms with E-state index in [-0.39, 0.29) is 12.3 Å². The Balaban J connectivity index is 1.66. The van der Waals surface area contributed by atoms with E-state index >= 15 is 0 Å². The van der Waals surface area contributed by atoms with Gasteiger partial charge in [-0.25, -0.2) is 15.0 Å². The molecule has 1 fully saturated rings. The highest BCUT2D eigenvalue weighted by Gasteiger charge is 2.22. The zero-order valence-corrected chi connectivity index (χ0v) is 18.0. The van der Waals surface area contributed by atoms with Crippen molar-refractivity contribution in [2.75, 3.05) is 19.0 Å². The molecule has 4 rings (SSSR count). The van der Waals surface area contributed by atoms with Gasteiger partial charge in [0.05, 0.1) is 24.0 Å². The molecule has 2 unspecified atom stereocenters. The summed E-state index contributed by atoms with van der Waals surface area (Å²) in [5.74, 6) is 1.39. The monoisotopic (exact) mass is 465 g/mol. The number of methoxy groups -OCH3 is 1. The maximum Gasteiger partial charge on any atom is 0.167 e. The molecule has 0 radical (unpaired) electrons. The average Bonchev–Trinajstić information content (AvgIpc) is 3.13. The average molecular weight is 467 g/mol. The Morgan fingerprint density at radius 3 is 2.93 bits per heavy atom. The van der Waals surface area contributed by atoms with Gasteiger partial charge < -0.3 is 14.8 Å². The van der Waals surface area contributed by atoms with Crippen molar-refractivity contribution in [3.05, 3.63) is 39.8 Å². The molecule has 0 aliphatic carbocycles. The third-order valence-electron chi connectivity index (χ3n) is 4.89. The molecule has 0 amide bonds. The molecule has 2 aromatic heterocycles. The quantitative estimate of drug-likeness (QED) is 0.562. The highest BCUT2D eigenvalue weighted by atomic mass is 79.9. The molecule has 1 aromatic carbocycles. The number of imidazole rings is 1. The minimum absolute atomic E-state index is 0.0251. The molecule has 0 spiro atoms. The summed E-state index contributed by atoms with van der Waals surface area (Å²) in [6.07, 6.45) is 6.50. The molecule has 1 N–H and O–H groups in total. The fraction of sp³-hybridized carbons (Fsp3) is 0.421. The Hall–Kier alpha value is -1.90. The van der Waals surface area contributed by atoms with E-state index in [0.29, 0.717) is 16.4 Å². The molecule has 28 heavy (non-hydrogen) atoms. The van der Waals surface area contributed by atoms with Crippen LogP contribution < -0.4 is 10.1 Å². The minimum atomic E-state index is -0.112. The van der Waals surface area contributed by atoms with Crippen LogP contribution in [0.25, 0.3) is 11.2 Å². The van der Waals surface area contributed by atoms with Crippen LogP contribution in [0, 0.1) is 0 Å². The highest BCUT2D eigenvalue weighted by molar-refractivity contribution is 9.10. The van der Waals surface area contributed by atoms with Crippen molar-refractivity contribution in [1.82, 2.24) is 19.5 Å². The largest absolute Gasteiger partial charge is 0.495 e. The van der Waals surface area contributed by atoms with E-state index in [1.54, 1.807) is 19.8 Å². The smallest absolute Gasteiger partial charge is 0.167 e. The summed E-state index contributed by atoms with van der Waals surface area (Å²) in [5, 5.41) is 4.05. The molecule has 7 nitrogen and oxygen atoms in total. The van der Waals surface area contributed by atoms with Gasteiger partial charge in [-0.3, -0.25) is 4.57 Å². The van der Waals surface area contributed by atoms with E-state index in [1.165, 1.54) is 0 Å². The van der Waals surface area contributed by atoms with Gasteiger partial charge in [-0.05, 0) is 54.2 Å². The molecule has 2 atom stereocenters. The van der Waals surface area contributed by atoms with E-state index in [1.807, 2.05) is 23.6 Å². The third-order valence-corrected chi connectivity index (χ3v) is 5.69. The summed E-state index contributed by atoms with van der Waals surface area (Å²) < 4.78 is 14.2. The predicted molar refractivity (Wildman–Crippen MR) is 112 cm³/mol. The molecular weight excluding hydrogens is 446 g/mol. The lowest BCUT2D eigenvalue weighted by Crippen LogP contribution is -2.17. The number of fused-ring (bicyclic) bond motifs is 1. The molecule has 3 aromatic rings. The van der Waals surface area contributed by atoms with Crippen LogP contribution in [0.3, 0.4) is 0 Å². The van der Waals surface area contributed by atoms with Gasteiger partial charge in [0.25, 0.3) is 0 Å². The van der Waals surface area contributed by atoms with E-state index in [0.717, 1.165) is 47.3 Å². The molecule has 9 heteroatoms. The number of halogens is 2. The fourth-order valence-electron chi connectivity index (χ4n) is 3.51. The first-order valence-electron chi connectivity index (χ1n) is 9.17. The zero-order chi connectivity index (χ0) is 19.7. The van der Waals surface area contributed by atoms with Crippen molar-refractivity contribution >= 4 is 44.5 Å². The Kier molecular flexibility index (Phi) is 5.70. The van der Waals surface area contributed by atoms with Crippen LogP contribution in [0.4, 0.5) is 5.82 Å². The Labute approximate surface area is 176 Å². The lowest BCUT2D eigenvalue weighted by Gasteiger charge is -2.23. The van der Waals surface area contributed by atoms with Crippen LogP contribution in [0.2, 0.25) is 5.02 Å². The molecule has 148 valence electrons. The number of anilines is 1. The summed E-state index contributed by atoms with van der Waals surface area (Å²) in [6, 6.07) is 3.58. The number of aromatic nitrogens is 4. The van der Waals surface area contributed by atoms with Gasteiger partial charge in [-0.2, -0.15) is 0 Å². The van der Waals surface area contributed by atoms with E-state index in [9.17, 15) is 0 Å². The maximum atomic E-state index is 6.24. The standard InChI is InChI=1S/C19H21BrClN5O2/c1-11(13-7-12(21)8-14(20)17(13)27-2)25-18-16-19(23-9-22-18)26(10-24-16)15-5-3-4-6-28-15/h7-11,15H,3-6H2,1-2H3,(H,22,23,25). The van der Waals surface area contributed by atoms with Gasteiger partial charge in [0.2, 0.25) is 0 Å². The van der Waals surface area contributed by atoms with Gasteiger partial charge in [0.15, 0.2) is 17.0 Å². The molecule has 1 aliphatic heterocycles. The van der Waals surface area contributed by atoms with E-state index < -0.39 is 0 Å². The van der Waals surface area contributed by atoms with Gasteiger partial charge in [-0.1, -0.05) is 11.6 Å². The summed E-state index contributed by atoms with van der Waals surface area (Å²) in [5.41, 5.74) is 2.39. The second kappa shape index (κ2) is 8.23. The number of nitrogens with one attached hydrogen (secondary N) is 1. The molecule has 0 saturated carbocycles. The Morgan fingerprint density at radius 1 is 1.32 bits per heavy atom. The zero-order valence-electron chi connectivity index (χ0n) is 15.7. The molecule has 0 bridgehead atoms. The number of hydrogen-bond donors (Lipinski definition) is 1. The number of rotatable bonds is 5. The summed E-state index contributed by atoms with van der Waals surface area (Å²) in [6.45, 7) is 2.79. The van der Waals surface area contributed by atoms with Gasteiger partial charge >= 0.3 is 0 Å². The first-order chi connectivity index (χ1) is 13.6. The van der Waals surface area contributed by atoms with E-state index in [2.05, 4.69) is 36.2 Å². The van der Waals surface area contributed by atoms with Crippen molar-refractivity contribution in [1.29, 1.82) is 0 Å². The van der Waals surface area contributed by atoms with Gasteiger partial charge in [0.1, 0.15) is 18.3 Å². The minimum Gasteiger partial charge on any atom is -0.495 e. The number of nitrogens with zero attached hydrogens (tertiary/aromatic N) is 4. The second-order valence-electron chi connectivity index (χ2n) is 6.74. The lowest BCUT2D eigenvalue weighted by atomic mass is 10.1. The first-order valence-corrected chi connectivity index (χ1v) is 10.3. The van der Waals surface area contributed by atoms with Gasteiger partial charge in [-0.15, -0.1) is 0 Å². The Bertz CT molecular complexity index is 990. The molecular formula is C19H21BrClN5O2. The topological polar surface area (TPSA) is 74.1 Å². The fourth-order valence-corrected chi connectivity index (χ4v) is 4.51. The predicted octanol–water partition coefficient (Wildman–Crippen LogP) is 5.12. The van der Waals surface area contributed by atoms with Crippen LogP contribution in [0.1, 0.15) is 44.0 Å². The second-order valence-corrected chi connectivity index (χ2v) is 8.03. The maximum absolute atomic E-state index is 6.24. The van der Waals surface area contributed by atoms with Crippen LogP contribution in [-0.4, -0.2) is 33.2 Å². The third kappa shape index (κ3) is 3.68. The van der Waals surface area contributed by atoms with Crippen molar-refractivity contribution in [3.63, 3.8) is 0 Å². The van der Waals surface area contributed by atoms with Crippen molar-refractivity contribution in [2.24, 2.45) is 0 Å². The summed E-state index contributed by atoms with van der Waals surface area (Å²) in [4.78, 5) is 13.4. The summed E-state index contributed by atoms with van der Waals surface area (Å²) >= 11 is 9.75. The lowest BCUT2D eigenvalue weighted by molar-refractivity contribution is -0.0298. The van der Waals surface area contributed by atoms with Gasteiger partial charge in [0, 0.05) is 17.2 Å².